The van der Waals surface area contributed by atoms with Crippen molar-refractivity contribution in [3.8, 4) is 0 Å². The van der Waals surface area contributed by atoms with Crippen molar-refractivity contribution < 1.29 is 20.4 Å². The van der Waals surface area contributed by atoms with Gasteiger partial charge in [-0.25, -0.2) is 0 Å². The zero-order valence-electron chi connectivity index (χ0n) is 8.00. The molecular weight excluding hydrogens is 210 g/mol. The van der Waals surface area contributed by atoms with Crippen LogP contribution in [0.4, 0.5) is 0 Å². The topological polar surface area (TPSA) is 93.0 Å². The van der Waals surface area contributed by atoms with Crippen molar-refractivity contribution in [2.45, 2.75) is 43.7 Å². The van der Waals surface area contributed by atoms with Gasteiger partial charge < -0.3 is 25.7 Å². The number of nitrogens with one attached hydrogen (secondary N) is 1. The van der Waals surface area contributed by atoms with Gasteiger partial charge in [0.05, 0.1) is 24.9 Å². The monoisotopic (exact) mass is 227 g/mol. The highest BCUT2D eigenvalue weighted by atomic mass is 35.5. The second kappa shape index (κ2) is 5.85. The predicted molar refractivity (Wildman–Crippen MR) is 53.4 cm³/mol. The minimum Gasteiger partial charge on any atom is -0.395 e. The summed E-state index contributed by atoms with van der Waals surface area (Å²) in [6.45, 7) is 1.61. The molecule has 1 fully saturated rings. The molecule has 5 N–H and O–H groups in total. The van der Waals surface area contributed by atoms with Gasteiger partial charge in [0.1, 0.15) is 6.10 Å². The summed E-state index contributed by atoms with van der Waals surface area (Å²) >= 11 is 0. The van der Waals surface area contributed by atoms with E-state index in [9.17, 15) is 15.3 Å². The van der Waals surface area contributed by atoms with Gasteiger partial charge in [0.2, 0.25) is 0 Å². The van der Waals surface area contributed by atoms with Crippen molar-refractivity contribution >= 4 is 12.4 Å². The second-order valence-corrected chi connectivity index (χ2v) is 3.44. The molecule has 0 spiro atoms. The fraction of sp³-hybridized carbons (Fsp3) is 1.00. The highest BCUT2D eigenvalue weighted by molar-refractivity contribution is 5.85. The Labute approximate surface area is 89.2 Å². The van der Waals surface area contributed by atoms with Crippen molar-refractivity contribution in [1.29, 1.82) is 0 Å². The lowest BCUT2D eigenvalue weighted by Crippen LogP contribution is -2.65. The van der Waals surface area contributed by atoms with E-state index < -0.39 is 24.4 Å². The van der Waals surface area contributed by atoms with Crippen LogP contribution in [0.1, 0.15) is 13.3 Å². The van der Waals surface area contributed by atoms with Gasteiger partial charge in [0, 0.05) is 6.04 Å². The molecule has 14 heavy (non-hydrogen) atoms. The highest BCUT2D eigenvalue weighted by Crippen LogP contribution is 2.16. The normalized spacial score (nSPS) is 43.1. The molecule has 0 aromatic heterocycles. The molecule has 0 unspecified atom stereocenters. The SMILES string of the molecule is CC[C@H]1N[C@@H](CO)[C@@H](O)[C@H](O)[C@H]1O.Cl. The number of rotatable bonds is 2. The first-order valence-corrected chi connectivity index (χ1v) is 4.53. The molecule has 1 aliphatic heterocycles. The third-order valence-electron chi connectivity index (χ3n) is 2.59. The summed E-state index contributed by atoms with van der Waals surface area (Å²) in [5, 5.41) is 40.0. The molecule has 86 valence electrons. The molecule has 0 radical (unpaired) electrons. The average molecular weight is 228 g/mol. The van der Waals surface area contributed by atoms with E-state index in [2.05, 4.69) is 5.32 Å². The largest absolute Gasteiger partial charge is 0.395 e. The van der Waals surface area contributed by atoms with Crippen LogP contribution < -0.4 is 5.32 Å². The van der Waals surface area contributed by atoms with Crippen molar-refractivity contribution in [1.82, 2.24) is 5.32 Å². The Morgan fingerprint density at radius 2 is 1.50 bits per heavy atom. The number of aliphatic hydroxyl groups excluding tert-OH is 4. The molecule has 5 nitrogen and oxygen atoms in total. The number of aliphatic hydroxyl groups is 4. The van der Waals surface area contributed by atoms with E-state index in [1.165, 1.54) is 0 Å². The number of hydrogen-bond acceptors (Lipinski definition) is 5. The van der Waals surface area contributed by atoms with Crippen LogP contribution in [0, 0.1) is 0 Å². The van der Waals surface area contributed by atoms with Crippen LogP contribution in [0.25, 0.3) is 0 Å². The Balaban J connectivity index is 0.00000169. The quantitative estimate of drug-likeness (QED) is 0.385. The lowest BCUT2D eigenvalue weighted by atomic mass is 9.89. The van der Waals surface area contributed by atoms with E-state index in [0.717, 1.165) is 0 Å². The Morgan fingerprint density at radius 3 is 1.93 bits per heavy atom. The summed E-state index contributed by atoms with van der Waals surface area (Å²) < 4.78 is 0. The molecular formula is C8H18ClNO4. The van der Waals surface area contributed by atoms with E-state index in [1.54, 1.807) is 0 Å². The average Bonchev–Trinajstić information content (AvgIpc) is 2.15. The molecule has 0 aliphatic carbocycles. The first kappa shape index (κ1) is 14.1. The number of halogens is 1. The molecule has 1 saturated heterocycles. The summed E-state index contributed by atoms with van der Waals surface area (Å²) in [5.41, 5.74) is 0. The van der Waals surface area contributed by atoms with Gasteiger partial charge in [-0.3, -0.25) is 0 Å². The van der Waals surface area contributed by atoms with E-state index in [-0.39, 0.29) is 25.1 Å². The Hall–Kier alpha value is 0.0900. The third-order valence-corrected chi connectivity index (χ3v) is 2.59. The lowest BCUT2D eigenvalue weighted by molar-refractivity contribution is -0.119. The summed E-state index contributed by atoms with van der Waals surface area (Å²) in [7, 11) is 0. The van der Waals surface area contributed by atoms with Gasteiger partial charge in [-0.2, -0.15) is 0 Å². The zero-order chi connectivity index (χ0) is 10.0. The second-order valence-electron chi connectivity index (χ2n) is 3.44. The Morgan fingerprint density at radius 1 is 1.00 bits per heavy atom. The van der Waals surface area contributed by atoms with Gasteiger partial charge in [0.25, 0.3) is 0 Å². The smallest absolute Gasteiger partial charge is 0.109 e. The van der Waals surface area contributed by atoms with Crippen LogP contribution in [-0.4, -0.2) is 57.4 Å². The van der Waals surface area contributed by atoms with E-state index >= 15 is 0 Å². The zero-order valence-corrected chi connectivity index (χ0v) is 8.81. The maximum absolute atomic E-state index is 9.47. The van der Waals surface area contributed by atoms with Crippen LogP contribution in [0.3, 0.4) is 0 Å². The predicted octanol–water partition coefficient (Wildman–Crippen LogP) is -1.77. The van der Waals surface area contributed by atoms with Crippen LogP contribution in [0.5, 0.6) is 0 Å². The molecule has 0 bridgehead atoms. The standard InChI is InChI=1S/C8H17NO4.ClH/c1-2-4-6(11)8(13)7(12)5(3-10)9-4;/h4-13H,2-3H2,1H3;1H/t4-,5+,6+,7-,8-;/m1./s1. The molecule has 0 aromatic carbocycles. The van der Waals surface area contributed by atoms with Crippen LogP contribution in [-0.2, 0) is 0 Å². The Kier molecular flexibility index (Phi) is 5.88. The van der Waals surface area contributed by atoms with Gasteiger partial charge >= 0.3 is 0 Å². The van der Waals surface area contributed by atoms with Crippen molar-refractivity contribution in [3.63, 3.8) is 0 Å². The molecule has 1 aliphatic rings. The first-order valence-electron chi connectivity index (χ1n) is 4.53. The van der Waals surface area contributed by atoms with Crippen molar-refractivity contribution in [2.75, 3.05) is 6.61 Å². The van der Waals surface area contributed by atoms with Gasteiger partial charge in [-0.15, -0.1) is 12.4 Å². The summed E-state index contributed by atoms with van der Waals surface area (Å²) in [6, 6.07) is -0.820. The van der Waals surface area contributed by atoms with E-state index in [4.69, 9.17) is 5.11 Å². The highest BCUT2D eigenvalue weighted by Gasteiger charge is 2.40. The molecule has 6 heteroatoms. The lowest BCUT2D eigenvalue weighted by Gasteiger charge is -2.40. The molecule has 0 saturated carbocycles. The fourth-order valence-electron chi connectivity index (χ4n) is 1.67. The minimum atomic E-state index is -1.18. The van der Waals surface area contributed by atoms with Crippen molar-refractivity contribution in [2.24, 2.45) is 0 Å². The number of piperidine rings is 1. The first-order chi connectivity index (χ1) is 6.11. The van der Waals surface area contributed by atoms with Gasteiger partial charge in [0.15, 0.2) is 0 Å². The fourth-order valence-corrected chi connectivity index (χ4v) is 1.67. The van der Waals surface area contributed by atoms with Crippen LogP contribution in [0.2, 0.25) is 0 Å². The maximum atomic E-state index is 9.47. The van der Waals surface area contributed by atoms with Crippen LogP contribution in [0.15, 0.2) is 0 Å². The molecule has 0 amide bonds. The van der Waals surface area contributed by atoms with Crippen molar-refractivity contribution in [3.05, 3.63) is 0 Å². The summed E-state index contributed by atoms with van der Waals surface area (Å²) in [4.78, 5) is 0. The number of hydrogen-bond donors (Lipinski definition) is 5. The molecule has 1 rings (SSSR count). The maximum Gasteiger partial charge on any atom is 0.109 e. The van der Waals surface area contributed by atoms with Crippen LogP contribution >= 0.6 is 12.4 Å². The van der Waals surface area contributed by atoms with Gasteiger partial charge in [-0.1, -0.05) is 6.92 Å². The minimum absolute atomic E-state index is 0. The molecule has 1 heterocycles. The molecule has 0 aromatic rings. The van der Waals surface area contributed by atoms with E-state index in [1.807, 2.05) is 6.92 Å². The molecule has 5 atom stereocenters. The summed E-state index contributed by atoms with van der Waals surface area (Å²) in [6.07, 6.45) is -2.62. The summed E-state index contributed by atoms with van der Waals surface area (Å²) in [5.74, 6) is 0. The van der Waals surface area contributed by atoms with Gasteiger partial charge in [-0.05, 0) is 6.42 Å². The Bertz CT molecular complexity index is 151. The third kappa shape index (κ3) is 2.56. The van der Waals surface area contributed by atoms with E-state index in [0.29, 0.717) is 6.42 Å².